The number of para-hydroxylation sites is 1. The number of amides is 2. The van der Waals surface area contributed by atoms with Gasteiger partial charge in [0.1, 0.15) is 12.6 Å². The minimum absolute atomic E-state index is 0.0433. The maximum atomic E-state index is 14.5. The summed E-state index contributed by atoms with van der Waals surface area (Å²) in [4.78, 5) is 29.9. The van der Waals surface area contributed by atoms with Crippen molar-refractivity contribution in [3.63, 3.8) is 0 Å². The summed E-state index contributed by atoms with van der Waals surface area (Å²) in [5.41, 5.74) is 2.25. The number of hydrogen-bond donors (Lipinski definition) is 1. The molecule has 4 rings (SSSR count). The molecular formula is C35H38ClN3O4S. The highest BCUT2D eigenvalue weighted by atomic mass is 35.5. The SMILES string of the molecule is Cc1ccc(S(=O)(=O)N(CC(=O)N(Cc2cccc(Cl)c2)[C@H](Cc2ccccc2)C(=O)NC(C)(C)C)c2ccccc2)cc1. The Labute approximate surface area is 265 Å². The second kappa shape index (κ2) is 14.1. The van der Waals surface area contributed by atoms with Crippen molar-refractivity contribution in [2.24, 2.45) is 0 Å². The molecule has 0 fully saturated rings. The smallest absolute Gasteiger partial charge is 0.264 e. The Morgan fingerprint density at radius 3 is 2.00 bits per heavy atom. The molecule has 0 aromatic heterocycles. The van der Waals surface area contributed by atoms with E-state index in [9.17, 15) is 18.0 Å². The molecule has 0 saturated heterocycles. The van der Waals surface area contributed by atoms with E-state index in [0.29, 0.717) is 16.3 Å². The van der Waals surface area contributed by atoms with Gasteiger partial charge in [-0.15, -0.1) is 0 Å². The maximum absolute atomic E-state index is 14.5. The van der Waals surface area contributed by atoms with Gasteiger partial charge in [-0.1, -0.05) is 90.0 Å². The van der Waals surface area contributed by atoms with Crippen LogP contribution >= 0.6 is 11.6 Å². The van der Waals surface area contributed by atoms with Crippen LogP contribution in [-0.2, 0) is 32.6 Å². The van der Waals surface area contributed by atoms with Gasteiger partial charge in [0.15, 0.2) is 0 Å². The van der Waals surface area contributed by atoms with E-state index in [1.807, 2.05) is 64.1 Å². The van der Waals surface area contributed by atoms with Crippen molar-refractivity contribution in [3.05, 3.63) is 131 Å². The molecule has 1 atom stereocenters. The molecule has 0 aliphatic rings. The van der Waals surface area contributed by atoms with Crippen molar-refractivity contribution >= 4 is 39.1 Å². The molecule has 2 amide bonds. The molecule has 0 saturated carbocycles. The summed E-state index contributed by atoms with van der Waals surface area (Å²) in [6.45, 7) is 7.02. The molecule has 44 heavy (non-hydrogen) atoms. The van der Waals surface area contributed by atoms with Crippen LogP contribution in [-0.4, -0.2) is 43.3 Å². The van der Waals surface area contributed by atoms with E-state index in [1.165, 1.54) is 17.0 Å². The van der Waals surface area contributed by atoms with Crippen molar-refractivity contribution in [2.45, 2.75) is 57.1 Å². The van der Waals surface area contributed by atoms with Gasteiger partial charge in [-0.3, -0.25) is 13.9 Å². The standard InChI is InChI=1S/C35H38ClN3O4S/c1-26-18-20-31(21-19-26)44(42,43)39(30-16-9-6-10-17-30)25-33(40)38(24-28-14-11-15-29(36)22-28)32(34(41)37-35(2,3)4)23-27-12-7-5-8-13-27/h5-22,32H,23-25H2,1-4H3,(H,37,41)/t32-/m1/s1. The Balaban J connectivity index is 1.80. The summed E-state index contributed by atoms with van der Waals surface area (Å²) in [5.74, 6) is -0.876. The fourth-order valence-corrected chi connectivity index (χ4v) is 6.43. The first-order chi connectivity index (χ1) is 20.8. The van der Waals surface area contributed by atoms with Crippen LogP contribution in [0.15, 0.2) is 114 Å². The van der Waals surface area contributed by atoms with Gasteiger partial charge in [-0.05, 0) is 75.2 Å². The third-order valence-electron chi connectivity index (χ3n) is 6.94. The second-order valence-corrected chi connectivity index (χ2v) is 14.1. The topological polar surface area (TPSA) is 86.8 Å². The third-order valence-corrected chi connectivity index (χ3v) is 8.97. The zero-order valence-corrected chi connectivity index (χ0v) is 27.0. The molecule has 7 nitrogen and oxygen atoms in total. The number of halogens is 1. The van der Waals surface area contributed by atoms with Crippen LogP contribution in [0.3, 0.4) is 0 Å². The number of benzene rings is 4. The number of carbonyl (C=O) groups is 2. The molecule has 0 aliphatic carbocycles. The highest BCUT2D eigenvalue weighted by molar-refractivity contribution is 7.92. The average molecular weight is 632 g/mol. The van der Waals surface area contributed by atoms with Crippen molar-refractivity contribution in [1.29, 1.82) is 0 Å². The van der Waals surface area contributed by atoms with Gasteiger partial charge in [0.05, 0.1) is 10.6 Å². The van der Waals surface area contributed by atoms with E-state index in [0.717, 1.165) is 15.4 Å². The zero-order chi connectivity index (χ0) is 31.9. The zero-order valence-electron chi connectivity index (χ0n) is 25.4. The number of carbonyl (C=O) groups excluding carboxylic acids is 2. The molecule has 0 bridgehead atoms. The molecule has 9 heteroatoms. The molecule has 0 heterocycles. The summed E-state index contributed by atoms with van der Waals surface area (Å²) in [5, 5.41) is 3.52. The minimum atomic E-state index is -4.15. The summed E-state index contributed by atoms with van der Waals surface area (Å²) in [6, 6.07) is 30.6. The van der Waals surface area contributed by atoms with Gasteiger partial charge in [0, 0.05) is 23.5 Å². The highest BCUT2D eigenvalue weighted by Gasteiger charge is 2.35. The molecular weight excluding hydrogens is 594 g/mol. The van der Waals surface area contributed by atoms with Crippen LogP contribution in [0.5, 0.6) is 0 Å². The van der Waals surface area contributed by atoms with Crippen molar-refractivity contribution < 1.29 is 18.0 Å². The molecule has 1 N–H and O–H groups in total. The van der Waals surface area contributed by atoms with Gasteiger partial charge >= 0.3 is 0 Å². The second-order valence-electron chi connectivity index (χ2n) is 11.8. The molecule has 4 aromatic rings. The Morgan fingerprint density at radius 2 is 1.41 bits per heavy atom. The van der Waals surface area contributed by atoms with Crippen molar-refractivity contribution in [1.82, 2.24) is 10.2 Å². The Morgan fingerprint density at radius 1 is 0.818 bits per heavy atom. The van der Waals surface area contributed by atoms with Gasteiger partial charge in [0.2, 0.25) is 11.8 Å². The highest BCUT2D eigenvalue weighted by Crippen LogP contribution is 2.25. The number of sulfonamides is 1. The number of hydrogen-bond acceptors (Lipinski definition) is 4. The molecule has 4 aromatic carbocycles. The first-order valence-electron chi connectivity index (χ1n) is 14.4. The predicted octanol–water partition coefficient (Wildman–Crippen LogP) is 6.40. The quantitative estimate of drug-likeness (QED) is 0.208. The Hall–Kier alpha value is -4.14. The molecule has 0 spiro atoms. The summed E-state index contributed by atoms with van der Waals surface area (Å²) in [7, 11) is -4.15. The summed E-state index contributed by atoms with van der Waals surface area (Å²) >= 11 is 6.30. The summed E-state index contributed by atoms with van der Waals surface area (Å²) in [6.07, 6.45) is 0.227. The number of rotatable bonds is 11. The van der Waals surface area contributed by atoms with Gasteiger partial charge in [0.25, 0.3) is 10.0 Å². The average Bonchev–Trinajstić information content (AvgIpc) is 2.98. The van der Waals surface area contributed by atoms with Crippen molar-refractivity contribution in [2.75, 3.05) is 10.8 Å². The van der Waals surface area contributed by atoms with Crippen LogP contribution in [0.4, 0.5) is 5.69 Å². The van der Waals surface area contributed by atoms with Crippen LogP contribution in [0.1, 0.15) is 37.5 Å². The van der Waals surface area contributed by atoms with E-state index in [-0.39, 0.29) is 23.8 Å². The number of anilines is 1. The first kappa shape index (κ1) is 32.8. The first-order valence-corrected chi connectivity index (χ1v) is 16.2. The number of aryl methyl sites for hydroxylation is 1. The van der Waals surface area contributed by atoms with Crippen LogP contribution < -0.4 is 9.62 Å². The van der Waals surface area contributed by atoms with E-state index in [2.05, 4.69) is 5.32 Å². The predicted molar refractivity (Wildman–Crippen MR) is 176 cm³/mol. The lowest BCUT2D eigenvalue weighted by Gasteiger charge is -2.35. The Bertz CT molecular complexity index is 1670. The maximum Gasteiger partial charge on any atom is 0.264 e. The molecule has 230 valence electrons. The van der Waals surface area contributed by atoms with E-state index < -0.39 is 34.1 Å². The fourth-order valence-electron chi connectivity index (χ4n) is 4.80. The lowest BCUT2D eigenvalue weighted by Crippen LogP contribution is -2.56. The normalized spacial score (nSPS) is 12.3. The van der Waals surface area contributed by atoms with Gasteiger partial charge in [-0.25, -0.2) is 8.42 Å². The van der Waals surface area contributed by atoms with Gasteiger partial charge < -0.3 is 10.2 Å². The van der Waals surface area contributed by atoms with E-state index >= 15 is 0 Å². The Kier molecular flexibility index (Phi) is 10.5. The van der Waals surface area contributed by atoms with Crippen LogP contribution in [0, 0.1) is 6.92 Å². The number of nitrogens with zero attached hydrogens (tertiary/aromatic N) is 2. The largest absolute Gasteiger partial charge is 0.350 e. The third kappa shape index (κ3) is 8.71. The lowest BCUT2D eigenvalue weighted by molar-refractivity contribution is -0.140. The monoisotopic (exact) mass is 631 g/mol. The van der Waals surface area contributed by atoms with Crippen molar-refractivity contribution in [3.8, 4) is 0 Å². The molecule has 0 unspecified atom stereocenters. The minimum Gasteiger partial charge on any atom is -0.350 e. The molecule has 0 aliphatic heterocycles. The lowest BCUT2D eigenvalue weighted by atomic mass is 10.0. The van der Waals surface area contributed by atoms with Crippen LogP contribution in [0.25, 0.3) is 0 Å². The van der Waals surface area contributed by atoms with Gasteiger partial charge in [-0.2, -0.15) is 0 Å². The van der Waals surface area contributed by atoms with E-state index in [4.69, 9.17) is 11.6 Å². The number of nitrogens with one attached hydrogen (secondary N) is 1. The van der Waals surface area contributed by atoms with E-state index in [1.54, 1.807) is 60.7 Å². The molecule has 0 radical (unpaired) electrons. The fraction of sp³-hybridized carbons (Fsp3) is 0.257. The van der Waals surface area contributed by atoms with Crippen LogP contribution in [0.2, 0.25) is 5.02 Å². The summed E-state index contributed by atoms with van der Waals surface area (Å²) < 4.78 is 29.2.